The van der Waals surface area contributed by atoms with Crippen LogP contribution in [0.25, 0.3) is 5.57 Å². The van der Waals surface area contributed by atoms with Gasteiger partial charge in [0.15, 0.2) is 11.5 Å². The highest BCUT2D eigenvalue weighted by Crippen LogP contribution is 2.50. The number of rotatable bonds is 4. The molecule has 0 atom stereocenters. The summed E-state index contributed by atoms with van der Waals surface area (Å²) in [6.45, 7) is 6.10. The Morgan fingerprint density at radius 3 is 2.39 bits per heavy atom. The number of carbonyl (C=O) groups is 1. The summed E-state index contributed by atoms with van der Waals surface area (Å²) in [7, 11) is 3.15. The Balaban J connectivity index is 2.71. The molecule has 1 aromatic rings. The molecule has 0 saturated carbocycles. The first-order chi connectivity index (χ1) is 10.9. The van der Waals surface area contributed by atoms with E-state index >= 15 is 0 Å². The van der Waals surface area contributed by atoms with Gasteiger partial charge in [0.05, 0.1) is 20.8 Å². The number of nitriles is 1. The average molecular weight is 315 g/mol. The minimum Gasteiger partial charge on any atom is -0.493 e. The lowest BCUT2D eigenvalue weighted by Crippen LogP contribution is -2.12. The fraction of sp³-hybridized carbons (Fsp3) is 0.444. The molecule has 0 bridgehead atoms. The van der Waals surface area contributed by atoms with Gasteiger partial charge in [0, 0.05) is 0 Å². The molecular weight excluding hydrogens is 294 g/mol. The lowest BCUT2D eigenvalue weighted by atomic mass is 9.86. The predicted molar refractivity (Wildman–Crippen MR) is 86.4 cm³/mol. The van der Waals surface area contributed by atoms with Crippen molar-refractivity contribution in [3.8, 4) is 17.6 Å². The van der Waals surface area contributed by atoms with Gasteiger partial charge in [0.1, 0.15) is 11.6 Å². The summed E-state index contributed by atoms with van der Waals surface area (Å²) in [5, 5.41) is 9.44. The largest absolute Gasteiger partial charge is 0.493 e. The zero-order valence-electron chi connectivity index (χ0n) is 14.1. The molecule has 1 aliphatic carbocycles. The number of carbonyl (C=O) groups excluding carboxylic acids is 1. The molecule has 0 fully saturated rings. The molecule has 0 unspecified atom stereocenters. The zero-order chi connectivity index (χ0) is 17.2. The number of esters is 1. The van der Waals surface area contributed by atoms with Crippen molar-refractivity contribution in [1.82, 2.24) is 0 Å². The maximum absolute atomic E-state index is 12.1. The summed E-state index contributed by atoms with van der Waals surface area (Å²) < 4.78 is 15.7. The second-order valence-corrected chi connectivity index (χ2v) is 6.00. The number of hydrogen-bond acceptors (Lipinski definition) is 5. The van der Waals surface area contributed by atoms with Crippen LogP contribution in [0.15, 0.2) is 17.7 Å². The molecule has 0 amide bonds. The number of methoxy groups -OCH3 is 2. The maximum Gasteiger partial charge on any atom is 0.349 e. The summed E-state index contributed by atoms with van der Waals surface area (Å²) >= 11 is 0. The van der Waals surface area contributed by atoms with Crippen LogP contribution in [0.3, 0.4) is 0 Å². The molecule has 0 aliphatic heterocycles. The molecule has 2 rings (SSSR count). The highest BCUT2D eigenvalue weighted by Gasteiger charge is 2.37. The predicted octanol–water partition coefficient (Wildman–Crippen LogP) is 3.23. The standard InChI is InChI=1S/C18H21NO4/c1-6-23-17(20)13(10-19)12-9-18(2,3)14-8-16(22-5)15(21-4)7-11(12)14/h7-8H,6,9H2,1-5H3. The zero-order valence-corrected chi connectivity index (χ0v) is 14.1. The molecular formula is C18H21NO4. The van der Waals surface area contributed by atoms with E-state index in [-0.39, 0.29) is 17.6 Å². The quantitative estimate of drug-likeness (QED) is 0.485. The van der Waals surface area contributed by atoms with Gasteiger partial charge in [0.25, 0.3) is 0 Å². The van der Waals surface area contributed by atoms with Gasteiger partial charge in [-0.15, -0.1) is 0 Å². The number of hydrogen-bond donors (Lipinski definition) is 0. The number of nitrogens with zero attached hydrogens (tertiary/aromatic N) is 1. The smallest absolute Gasteiger partial charge is 0.349 e. The van der Waals surface area contributed by atoms with Crippen LogP contribution in [0.5, 0.6) is 11.5 Å². The van der Waals surface area contributed by atoms with Crippen LogP contribution in [-0.2, 0) is 14.9 Å². The van der Waals surface area contributed by atoms with Crippen LogP contribution < -0.4 is 9.47 Å². The SMILES string of the molecule is CCOC(=O)C(C#N)=C1CC(C)(C)c2cc(OC)c(OC)cc21. The van der Waals surface area contributed by atoms with E-state index in [0.29, 0.717) is 23.5 Å². The summed E-state index contributed by atoms with van der Waals surface area (Å²) in [6, 6.07) is 5.75. The molecule has 0 radical (unpaired) electrons. The van der Waals surface area contributed by atoms with Crippen molar-refractivity contribution in [2.45, 2.75) is 32.6 Å². The van der Waals surface area contributed by atoms with Crippen molar-refractivity contribution in [3.63, 3.8) is 0 Å². The molecule has 0 N–H and O–H groups in total. The summed E-state index contributed by atoms with van der Waals surface area (Å²) in [6.07, 6.45) is 0.584. The van der Waals surface area contributed by atoms with E-state index in [1.54, 1.807) is 21.1 Å². The molecule has 5 heteroatoms. The van der Waals surface area contributed by atoms with E-state index in [1.165, 1.54) is 0 Å². The fourth-order valence-corrected chi connectivity index (χ4v) is 2.98. The highest BCUT2D eigenvalue weighted by molar-refractivity contribution is 6.03. The van der Waals surface area contributed by atoms with Gasteiger partial charge in [-0.05, 0) is 47.6 Å². The van der Waals surface area contributed by atoms with Gasteiger partial charge in [-0.2, -0.15) is 5.26 Å². The van der Waals surface area contributed by atoms with Gasteiger partial charge in [-0.25, -0.2) is 4.79 Å². The molecule has 0 spiro atoms. The van der Waals surface area contributed by atoms with Crippen LogP contribution >= 0.6 is 0 Å². The molecule has 1 aliphatic rings. The topological polar surface area (TPSA) is 68.6 Å². The molecule has 0 saturated heterocycles. The van der Waals surface area contributed by atoms with Crippen LogP contribution in [-0.4, -0.2) is 26.8 Å². The van der Waals surface area contributed by atoms with Crippen LogP contribution in [0.2, 0.25) is 0 Å². The Hall–Kier alpha value is -2.48. The third-order valence-corrected chi connectivity index (χ3v) is 4.09. The first-order valence-electron chi connectivity index (χ1n) is 7.46. The molecule has 23 heavy (non-hydrogen) atoms. The summed E-state index contributed by atoms with van der Waals surface area (Å²) in [4.78, 5) is 12.1. The Bertz CT molecular complexity index is 710. The third-order valence-electron chi connectivity index (χ3n) is 4.09. The van der Waals surface area contributed by atoms with Crippen molar-refractivity contribution < 1.29 is 19.0 Å². The Labute approximate surface area is 136 Å². The number of fused-ring (bicyclic) bond motifs is 1. The van der Waals surface area contributed by atoms with Crippen molar-refractivity contribution in [2.24, 2.45) is 0 Å². The average Bonchev–Trinajstić information content (AvgIpc) is 2.78. The highest BCUT2D eigenvalue weighted by atomic mass is 16.5. The minimum absolute atomic E-state index is 0.0610. The molecule has 0 heterocycles. The van der Waals surface area contributed by atoms with E-state index in [9.17, 15) is 10.1 Å². The number of ether oxygens (including phenoxy) is 3. The minimum atomic E-state index is -0.580. The summed E-state index contributed by atoms with van der Waals surface area (Å²) in [5.74, 6) is 0.626. The second kappa shape index (κ2) is 6.33. The molecule has 122 valence electrons. The molecule has 0 aromatic heterocycles. The van der Waals surface area contributed by atoms with E-state index in [1.807, 2.05) is 18.2 Å². The summed E-state index contributed by atoms with van der Waals surface area (Å²) in [5.41, 5.74) is 2.43. The van der Waals surface area contributed by atoms with Crippen molar-refractivity contribution in [3.05, 3.63) is 28.8 Å². The lowest BCUT2D eigenvalue weighted by molar-refractivity contribution is -0.137. The van der Waals surface area contributed by atoms with E-state index in [0.717, 1.165) is 11.1 Å². The van der Waals surface area contributed by atoms with E-state index < -0.39 is 5.97 Å². The monoisotopic (exact) mass is 315 g/mol. The molecule has 5 nitrogen and oxygen atoms in total. The number of allylic oxidation sites excluding steroid dienone is 1. The van der Waals surface area contributed by atoms with E-state index in [2.05, 4.69) is 13.8 Å². The number of benzene rings is 1. The van der Waals surface area contributed by atoms with Gasteiger partial charge in [-0.3, -0.25) is 0 Å². The van der Waals surface area contributed by atoms with Gasteiger partial charge in [0.2, 0.25) is 0 Å². The van der Waals surface area contributed by atoms with Crippen LogP contribution in [0.4, 0.5) is 0 Å². The van der Waals surface area contributed by atoms with Crippen LogP contribution in [0.1, 0.15) is 38.3 Å². The van der Waals surface area contributed by atoms with Gasteiger partial charge >= 0.3 is 5.97 Å². The first kappa shape index (κ1) is 16.9. The normalized spacial score (nSPS) is 17.0. The Morgan fingerprint density at radius 2 is 1.87 bits per heavy atom. The van der Waals surface area contributed by atoms with Crippen molar-refractivity contribution >= 4 is 11.5 Å². The van der Waals surface area contributed by atoms with Gasteiger partial charge in [-0.1, -0.05) is 13.8 Å². The maximum atomic E-state index is 12.1. The van der Waals surface area contributed by atoms with E-state index in [4.69, 9.17) is 14.2 Å². The van der Waals surface area contributed by atoms with Crippen molar-refractivity contribution in [2.75, 3.05) is 20.8 Å². The fourth-order valence-electron chi connectivity index (χ4n) is 2.98. The third kappa shape index (κ3) is 2.89. The van der Waals surface area contributed by atoms with Gasteiger partial charge < -0.3 is 14.2 Å². The Kier molecular flexibility index (Phi) is 4.65. The second-order valence-electron chi connectivity index (χ2n) is 6.00. The molecule has 1 aromatic carbocycles. The Morgan fingerprint density at radius 1 is 1.26 bits per heavy atom. The van der Waals surface area contributed by atoms with Crippen molar-refractivity contribution in [1.29, 1.82) is 5.26 Å². The first-order valence-corrected chi connectivity index (χ1v) is 7.46. The van der Waals surface area contributed by atoms with Crippen LogP contribution in [0, 0.1) is 11.3 Å². The lowest BCUT2D eigenvalue weighted by Gasteiger charge is -2.19.